The summed E-state index contributed by atoms with van der Waals surface area (Å²) in [6, 6.07) is 0. The Morgan fingerprint density at radius 3 is 2.14 bits per heavy atom. The van der Waals surface area contributed by atoms with Crippen molar-refractivity contribution in [2.45, 2.75) is 39.5 Å². The van der Waals surface area contributed by atoms with E-state index in [-0.39, 0.29) is 0 Å². The Labute approximate surface area is 94.3 Å². The topological polar surface area (TPSA) is 9.23 Å². The molecule has 0 amide bonds. The van der Waals surface area contributed by atoms with Crippen LogP contribution in [-0.2, 0) is 4.43 Å². The molecule has 0 saturated heterocycles. The minimum Gasteiger partial charge on any atom is -0.427 e. The first-order valence-electron chi connectivity index (χ1n) is 5.74. The second-order valence-electron chi connectivity index (χ2n) is 4.55. The van der Waals surface area contributed by atoms with Crippen LogP contribution in [0.1, 0.15) is 39.5 Å². The Bertz CT molecular complexity index is 135. The van der Waals surface area contributed by atoms with Crippen molar-refractivity contribution in [3.63, 3.8) is 0 Å². The third-order valence-corrected chi connectivity index (χ3v) is 4.76. The second kappa shape index (κ2) is 7.84. The molecule has 14 heavy (non-hydrogen) atoms. The van der Waals surface area contributed by atoms with E-state index in [1.54, 1.807) is 0 Å². The summed E-state index contributed by atoms with van der Waals surface area (Å²) in [5.74, 6) is 0. The maximum Gasteiger partial charge on any atom is 0.145 e. The van der Waals surface area contributed by atoms with Gasteiger partial charge in [0.05, 0.1) is 0 Å². The molecule has 1 nitrogen and oxygen atoms in total. The molecule has 0 bridgehead atoms. The molecule has 0 saturated carbocycles. The lowest BCUT2D eigenvalue weighted by molar-refractivity contribution is 0.129. The summed E-state index contributed by atoms with van der Waals surface area (Å²) < 4.78 is 5.49. The summed E-state index contributed by atoms with van der Waals surface area (Å²) in [6.45, 7) is 10.4. The van der Waals surface area contributed by atoms with Gasteiger partial charge in [0.25, 0.3) is 0 Å². The minimum atomic E-state index is 0.295. The van der Waals surface area contributed by atoms with Crippen LogP contribution < -0.4 is 0 Å². The van der Waals surface area contributed by atoms with Crippen molar-refractivity contribution < 1.29 is 4.43 Å². The highest BCUT2D eigenvalue weighted by atomic mass is 31.1. The van der Waals surface area contributed by atoms with Crippen molar-refractivity contribution in [1.29, 1.82) is 0 Å². The monoisotopic (exact) mass is 234 g/mol. The quantitative estimate of drug-likeness (QED) is 0.463. The van der Waals surface area contributed by atoms with Crippen molar-refractivity contribution >= 4 is 18.4 Å². The maximum absolute atomic E-state index is 5.49. The molecular weight excluding hydrogens is 207 g/mol. The number of rotatable bonds is 8. The van der Waals surface area contributed by atoms with E-state index in [1.807, 2.05) is 0 Å². The fraction of sp³-hybridized carbons (Fsp3) is 1.00. The van der Waals surface area contributed by atoms with Gasteiger partial charge < -0.3 is 4.43 Å². The van der Waals surface area contributed by atoms with Gasteiger partial charge in [0.2, 0.25) is 0 Å². The van der Waals surface area contributed by atoms with Crippen LogP contribution in [0.25, 0.3) is 0 Å². The highest BCUT2D eigenvalue weighted by molar-refractivity contribution is 7.55. The Morgan fingerprint density at radius 1 is 1.21 bits per heavy atom. The second-order valence-corrected chi connectivity index (χ2v) is 7.73. The SMILES string of the molecule is CCC(CC)(CCCP(C)C)CO[SiH3]. The fourth-order valence-corrected chi connectivity index (χ4v) is 3.36. The maximum atomic E-state index is 5.49. The molecule has 0 aromatic heterocycles. The lowest BCUT2D eigenvalue weighted by Crippen LogP contribution is -2.25. The van der Waals surface area contributed by atoms with Gasteiger partial charge in [-0.05, 0) is 50.6 Å². The van der Waals surface area contributed by atoms with E-state index in [0.717, 1.165) is 17.1 Å². The lowest BCUT2D eigenvalue weighted by atomic mass is 9.79. The highest BCUT2D eigenvalue weighted by Gasteiger charge is 2.25. The van der Waals surface area contributed by atoms with Gasteiger partial charge in [-0.1, -0.05) is 13.8 Å². The van der Waals surface area contributed by atoms with E-state index in [0.29, 0.717) is 13.3 Å². The van der Waals surface area contributed by atoms with Gasteiger partial charge >= 0.3 is 0 Å². The molecule has 0 atom stereocenters. The number of hydrogen-bond donors (Lipinski definition) is 0. The van der Waals surface area contributed by atoms with Gasteiger partial charge in [0.15, 0.2) is 0 Å². The van der Waals surface area contributed by atoms with Crippen LogP contribution >= 0.6 is 7.92 Å². The van der Waals surface area contributed by atoms with Crippen LogP contribution in [0.3, 0.4) is 0 Å². The molecule has 0 aliphatic rings. The summed E-state index contributed by atoms with van der Waals surface area (Å²) >= 11 is 0. The van der Waals surface area contributed by atoms with Crippen molar-refractivity contribution in [1.82, 2.24) is 0 Å². The van der Waals surface area contributed by atoms with Gasteiger partial charge in [-0.15, -0.1) is 7.92 Å². The molecule has 0 heterocycles. The van der Waals surface area contributed by atoms with Gasteiger partial charge in [0, 0.05) is 6.61 Å². The molecule has 0 rings (SSSR count). The summed E-state index contributed by atoms with van der Waals surface area (Å²) in [7, 11) is 1.18. The van der Waals surface area contributed by atoms with Gasteiger partial charge in [-0.25, -0.2) is 0 Å². The Hall–Kier alpha value is 0.607. The normalized spacial score (nSPS) is 12.6. The molecule has 0 unspecified atom stereocenters. The zero-order valence-corrected chi connectivity index (χ0v) is 13.5. The molecule has 0 aromatic carbocycles. The molecule has 86 valence electrons. The van der Waals surface area contributed by atoms with E-state index in [4.69, 9.17) is 4.43 Å². The zero-order valence-electron chi connectivity index (χ0n) is 10.6. The van der Waals surface area contributed by atoms with Crippen LogP contribution in [0.2, 0.25) is 0 Å². The minimum absolute atomic E-state index is 0.295. The summed E-state index contributed by atoms with van der Waals surface area (Å²) in [6.07, 6.45) is 6.74. The van der Waals surface area contributed by atoms with Crippen LogP contribution in [-0.4, -0.2) is 36.6 Å². The van der Waals surface area contributed by atoms with Crippen molar-refractivity contribution in [3.05, 3.63) is 0 Å². The van der Waals surface area contributed by atoms with Gasteiger partial charge in [-0.3, -0.25) is 0 Å². The molecule has 0 aliphatic carbocycles. The molecule has 0 aromatic rings. The molecule has 0 aliphatic heterocycles. The third-order valence-electron chi connectivity index (χ3n) is 3.26. The Balaban J connectivity index is 3.94. The molecular formula is C11H27OPSi. The Kier molecular flexibility index (Phi) is 8.18. The molecule has 3 heteroatoms. The molecule has 0 fully saturated rings. The van der Waals surface area contributed by atoms with Crippen molar-refractivity contribution in [2.75, 3.05) is 26.1 Å². The average Bonchev–Trinajstić information content (AvgIpc) is 2.16. The van der Waals surface area contributed by atoms with Crippen molar-refractivity contribution in [3.8, 4) is 0 Å². The van der Waals surface area contributed by atoms with E-state index < -0.39 is 0 Å². The van der Waals surface area contributed by atoms with E-state index in [9.17, 15) is 0 Å². The average molecular weight is 234 g/mol. The highest BCUT2D eigenvalue weighted by Crippen LogP contribution is 2.35. The van der Waals surface area contributed by atoms with Crippen LogP contribution in [0, 0.1) is 5.41 Å². The number of hydrogen-bond acceptors (Lipinski definition) is 1. The van der Waals surface area contributed by atoms with Gasteiger partial charge in [0.1, 0.15) is 10.5 Å². The first kappa shape index (κ1) is 14.6. The first-order chi connectivity index (χ1) is 6.60. The van der Waals surface area contributed by atoms with E-state index in [1.165, 1.54) is 31.8 Å². The Morgan fingerprint density at radius 2 is 1.79 bits per heavy atom. The zero-order chi connectivity index (χ0) is 11.0. The lowest BCUT2D eigenvalue weighted by Gasteiger charge is -2.31. The molecule has 0 spiro atoms. The van der Waals surface area contributed by atoms with Crippen LogP contribution in [0.4, 0.5) is 0 Å². The third kappa shape index (κ3) is 5.48. The van der Waals surface area contributed by atoms with Crippen molar-refractivity contribution in [2.24, 2.45) is 5.41 Å². The fourth-order valence-electron chi connectivity index (χ4n) is 1.96. The van der Waals surface area contributed by atoms with Gasteiger partial charge in [-0.2, -0.15) is 0 Å². The molecule has 0 radical (unpaired) electrons. The van der Waals surface area contributed by atoms with Crippen LogP contribution in [0.5, 0.6) is 0 Å². The van der Waals surface area contributed by atoms with E-state index in [2.05, 4.69) is 27.2 Å². The first-order valence-corrected chi connectivity index (χ1v) is 8.97. The standard InChI is InChI=1S/C11H27OPSi/c1-5-11(6-2,10-12-14)8-7-9-13(3)4/h5-10H2,1-4,14H3. The largest absolute Gasteiger partial charge is 0.427 e. The summed E-state index contributed by atoms with van der Waals surface area (Å²) in [5.41, 5.74) is 0.493. The molecule has 0 N–H and O–H groups in total. The summed E-state index contributed by atoms with van der Waals surface area (Å²) in [4.78, 5) is 0. The summed E-state index contributed by atoms with van der Waals surface area (Å²) in [5, 5.41) is 0. The predicted molar refractivity (Wildman–Crippen MR) is 71.8 cm³/mol. The smallest absolute Gasteiger partial charge is 0.145 e. The van der Waals surface area contributed by atoms with E-state index >= 15 is 0 Å². The van der Waals surface area contributed by atoms with Crippen LogP contribution in [0.15, 0.2) is 0 Å². The predicted octanol–water partition coefficient (Wildman–Crippen LogP) is 2.61.